The van der Waals surface area contributed by atoms with E-state index in [1.165, 1.54) is 36.4 Å². The van der Waals surface area contributed by atoms with E-state index >= 15 is 0 Å². The predicted octanol–water partition coefficient (Wildman–Crippen LogP) is 2.09. The Kier molecular flexibility index (Phi) is 7.99. The number of aliphatic imine (C=N–C) groups is 1. The fourth-order valence-electron chi connectivity index (χ4n) is 2.44. The van der Waals surface area contributed by atoms with Gasteiger partial charge in [0.25, 0.3) is 5.91 Å². The number of carbonyl (C=O) groups excluding carboxylic acids is 1. The number of hydroxylamine groups is 1. The fourth-order valence-corrected chi connectivity index (χ4v) is 3.89. The monoisotopic (exact) mass is 514 g/mol. The molecule has 15 heteroatoms. The van der Waals surface area contributed by atoms with Gasteiger partial charge >= 0.3 is 0 Å². The third kappa shape index (κ3) is 6.49. The molecule has 0 unspecified atom stereocenters. The van der Waals surface area contributed by atoms with Crippen molar-refractivity contribution in [1.29, 1.82) is 0 Å². The maximum absolute atomic E-state index is 13.3. The van der Waals surface area contributed by atoms with Gasteiger partial charge in [0.1, 0.15) is 5.82 Å². The lowest BCUT2D eigenvalue weighted by atomic mass is 10.2. The van der Waals surface area contributed by atoms with Crippen LogP contribution in [0, 0.1) is 5.82 Å². The zero-order chi connectivity index (χ0) is 24.0. The molecule has 0 fully saturated rings. The first-order chi connectivity index (χ1) is 15.7. The number of aromatic nitrogens is 2. The van der Waals surface area contributed by atoms with E-state index in [1.54, 1.807) is 0 Å². The van der Waals surface area contributed by atoms with Crippen molar-refractivity contribution in [3.63, 3.8) is 0 Å². The van der Waals surface area contributed by atoms with Crippen molar-refractivity contribution in [3.8, 4) is 0 Å². The first kappa shape index (κ1) is 24.6. The number of amides is 1. The summed E-state index contributed by atoms with van der Waals surface area (Å²) < 4.78 is 40.6. The van der Waals surface area contributed by atoms with Crippen LogP contribution in [0.3, 0.4) is 0 Å². The van der Waals surface area contributed by atoms with Gasteiger partial charge in [0.05, 0.1) is 15.6 Å². The molecule has 33 heavy (non-hydrogen) atoms. The maximum atomic E-state index is 13.3. The van der Waals surface area contributed by atoms with Crippen LogP contribution in [0.15, 0.2) is 62.0 Å². The van der Waals surface area contributed by atoms with Crippen LogP contribution in [0.1, 0.15) is 16.1 Å². The molecule has 0 spiro atoms. The Morgan fingerprint density at radius 2 is 1.97 bits per heavy atom. The topological polar surface area (TPSA) is 173 Å². The third-order valence-electron chi connectivity index (χ3n) is 4.00. The van der Waals surface area contributed by atoms with Crippen molar-refractivity contribution < 1.29 is 27.4 Å². The van der Waals surface area contributed by atoms with Gasteiger partial charge < -0.3 is 5.32 Å². The van der Waals surface area contributed by atoms with Gasteiger partial charge in [0, 0.05) is 17.9 Å². The maximum Gasteiger partial charge on any atom is 0.251 e. The zero-order valence-corrected chi connectivity index (χ0v) is 18.9. The number of carbonyl (C=O) groups is 1. The van der Waals surface area contributed by atoms with E-state index in [-0.39, 0.29) is 44.3 Å². The molecular weight excluding hydrogens is 499 g/mol. The number of hydrogen-bond acceptors (Lipinski definition) is 9. The van der Waals surface area contributed by atoms with Crippen molar-refractivity contribution in [3.05, 3.63) is 64.6 Å². The minimum atomic E-state index is -3.84. The summed E-state index contributed by atoms with van der Waals surface area (Å²) in [5.74, 6) is -0.789. The average Bonchev–Trinajstić information content (AvgIpc) is 3.25. The molecule has 11 nitrogen and oxygen atoms in total. The summed E-state index contributed by atoms with van der Waals surface area (Å²) in [6.45, 7) is 0.222. The third-order valence-corrected chi connectivity index (χ3v) is 6.17. The summed E-state index contributed by atoms with van der Waals surface area (Å²) in [6.07, 6.45) is 0. The molecular formula is C18H16ClFN6O5S2. The van der Waals surface area contributed by atoms with Gasteiger partial charge in [-0.2, -0.15) is 0 Å². The van der Waals surface area contributed by atoms with Gasteiger partial charge in [-0.3, -0.25) is 15.5 Å². The second-order valence-electron chi connectivity index (χ2n) is 6.26. The molecule has 0 aliphatic rings. The minimum Gasteiger partial charge on any atom is -0.351 e. The van der Waals surface area contributed by atoms with E-state index in [1.807, 2.05) is 5.48 Å². The lowest BCUT2D eigenvalue weighted by Crippen LogP contribution is -2.26. The Bertz CT molecular complexity index is 1280. The molecule has 0 aliphatic carbocycles. The Labute approximate surface area is 196 Å². The summed E-state index contributed by atoms with van der Waals surface area (Å²) in [5.41, 5.74) is 2.48. The van der Waals surface area contributed by atoms with Gasteiger partial charge in [0.2, 0.25) is 10.0 Å². The lowest BCUT2D eigenvalue weighted by Gasteiger charge is -2.06. The number of amidine groups is 1. The van der Waals surface area contributed by atoms with Gasteiger partial charge in [0.15, 0.2) is 16.6 Å². The smallest absolute Gasteiger partial charge is 0.251 e. The van der Waals surface area contributed by atoms with Crippen LogP contribution in [-0.2, 0) is 10.0 Å². The van der Waals surface area contributed by atoms with E-state index < -0.39 is 21.7 Å². The van der Waals surface area contributed by atoms with Crippen LogP contribution in [0.25, 0.3) is 0 Å². The van der Waals surface area contributed by atoms with Gasteiger partial charge in [-0.15, -0.1) is 0 Å². The molecule has 1 heterocycles. The van der Waals surface area contributed by atoms with E-state index in [0.29, 0.717) is 5.75 Å². The normalized spacial score (nSPS) is 11.9. The molecule has 0 radical (unpaired) electrons. The number of primary sulfonamides is 1. The van der Waals surface area contributed by atoms with E-state index in [9.17, 15) is 22.8 Å². The molecule has 0 bridgehead atoms. The number of nitrogens with two attached hydrogens (primary N) is 1. The molecule has 2 aromatic carbocycles. The highest BCUT2D eigenvalue weighted by Crippen LogP contribution is 2.24. The Balaban J connectivity index is 1.59. The van der Waals surface area contributed by atoms with Gasteiger partial charge in [-0.25, -0.2) is 27.6 Å². The van der Waals surface area contributed by atoms with Crippen LogP contribution in [-0.4, -0.2) is 48.0 Å². The number of hydrogen-bond donors (Lipinski definition) is 4. The van der Waals surface area contributed by atoms with Crippen molar-refractivity contribution in [1.82, 2.24) is 21.1 Å². The standard InChI is InChI=1S/C18H16ClFN6O5S2/c19-13-9-11(3-6-14(13)20)23-16(24-28)15-18(26-31-25-15)32-8-7-22-17(27)10-1-4-12(5-2-10)33(21,29)30/h1-6,9,28H,7-8H2,(H,22,27)(H,23,24)(H2,21,29,30). The highest BCUT2D eigenvalue weighted by molar-refractivity contribution is 7.99. The number of benzene rings is 2. The zero-order valence-electron chi connectivity index (χ0n) is 16.5. The Morgan fingerprint density at radius 1 is 1.24 bits per heavy atom. The Hall–Kier alpha value is -3.04. The molecule has 0 saturated heterocycles. The minimum absolute atomic E-state index is 0.0906. The van der Waals surface area contributed by atoms with E-state index in [2.05, 4.69) is 20.6 Å². The highest BCUT2D eigenvalue weighted by Gasteiger charge is 2.17. The van der Waals surface area contributed by atoms with Crippen molar-refractivity contribution in [2.45, 2.75) is 9.92 Å². The number of rotatable bonds is 8. The van der Waals surface area contributed by atoms with Crippen LogP contribution >= 0.6 is 23.4 Å². The van der Waals surface area contributed by atoms with Crippen LogP contribution in [0.4, 0.5) is 10.1 Å². The molecule has 1 aromatic heterocycles. The molecule has 0 saturated carbocycles. The molecule has 5 N–H and O–H groups in total. The van der Waals surface area contributed by atoms with E-state index in [0.717, 1.165) is 17.8 Å². The largest absolute Gasteiger partial charge is 0.351 e. The van der Waals surface area contributed by atoms with Crippen molar-refractivity contribution in [2.24, 2.45) is 10.1 Å². The number of thioether (sulfide) groups is 1. The van der Waals surface area contributed by atoms with E-state index in [4.69, 9.17) is 21.4 Å². The second-order valence-corrected chi connectivity index (χ2v) is 9.31. The SMILES string of the molecule is NS(=O)(=O)c1ccc(C(=O)NCCSc2nonc2C(=Nc2ccc(F)c(Cl)c2)NO)cc1. The van der Waals surface area contributed by atoms with Crippen LogP contribution < -0.4 is 15.9 Å². The summed E-state index contributed by atoms with van der Waals surface area (Å²) in [4.78, 5) is 16.2. The molecule has 174 valence electrons. The second kappa shape index (κ2) is 10.7. The predicted molar refractivity (Wildman–Crippen MR) is 118 cm³/mol. The van der Waals surface area contributed by atoms with Crippen LogP contribution in [0.2, 0.25) is 5.02 Å². The number of nitrogens with one attached hydrogen (secondary N) is 2. The molecule has 3 rings (SSSR count). The summed E-state index contributed by atoms with van der Waals surface area (Å²) in [7, 11) is -3.84. The van der Waals surface area contributed by atoms with Crippen molar-refractivity contribution in [2.75, 3.05) is 12.3 Å². The van der Waals surface area contributed by atoms with Crippen LogP contribution in [0.5, 0.6) is 0 Å². The van der Waals surface area contributed by atoms with Gasteiger partial charge in [-0.1, -0.05) is 23.4 Å². The first-order valence-corrected chi connectivity index (χ1v) is 11.9. The summed E-state index contributed by atoms with van der Waals surface area (Å²) in [5, 5.41) is 24.7. The molecule has 0 aliphatic heterocycles. The highest BCUT2D eigenvalue weighted by atomic mass is 35.5. The molecule has 3 aromatic rings. The first-order valence-electron chi connectivity index (χ1n) is 8.99. The number of sulfonamides is 1. The van der Waals surface area contributed by atoms with Crippen molar-refractivity contribution >= 4 is 50.8 Å². The van der Waals surface area contributed by atoms with Gasteiger partial charge in [-0.05, 0) is 52.8 Å². The Morgan fingerprint density at radius 3 is 2.61 bits per heavy atom. The molecule has 0 atom stereocenters. The number of halogens is 2. The average molecular weight is 515 g/mol. The summed E-state index contributed by atoms with van der Waals surface area (Å²) in [6, 6.07) is 8.91. The lowest BCUT2D eigenvalue weighted by molar-refractivity contribution is 0.0956. The summed E-state index contributed by atoms with van der Waals surface area (Å²) >= 11 is 6.89. The molecule has 1 amide bonds. The fraction of sp³-hybridized carbons (Fsp3) is 0.111. The quantitative estimate of drug-likeness (QED) is 0.115. The number of nitrogens with zero attached hydrogens (tertiary/aromatic N) is 3.